The summed E-state index contributed by atoms with van der Waals surface area (Å²) in [5.41, 5.74) is 3.43. The summed E-state index contributed by atoms with van der Waals surface area (Å²) in [5.74, 6) is 0. The molecule has 0 saturated heterocycles. The van der Waals surface area contributed by atoms with E-state index in [0.29, 0.717) is 15.7 Å². The van der Waals surface area contributed by atoms with Gasteiger partial charge in [-0.05, 0) is 55.3 Å². The number of hydrogen-bond donors (Lipinski definition) is 0. The van der Waals surface area contributed by atoms with Gasteiger partial charge >= 0.3 is 0 Å². The highest BCUT2D eigenvalue weighted by Crippen LogP contribution is 2.18. The second-order valence-electron chi connectivity index (χ2n) is 6.76. The van der Waals surface area contributed by atoms with E-state index in [-0.39, 0.29) is 11.1 Å². The fraction of sp³-hybridized carbons (Fsp3) is 0.0833. The molecule has 2 heterocycles. The van der Waals surface area contributed by atoms with Crippen LogP contribution in [0.25, 0.3) is 11.4 Å². The molecule has 0 aliphatic heterocycles. The largest absolute Gasteiger partial charge is 0.284 e. The van der Waals surface area contributed by atoms with Crippen molar-refractivity contribution >= 4 is 23.2 Å². The van der Waals surface area contributed by atoms with Gasteiger partial charge in [-0.3, -0.25) is 18.7 Å². The first-order valence-electron chi connectivity index (χ1n) is 9.24. The highest BCUT2D eigenvalue weighted by Gasteiger charge is 2.03. The molecule has 4 nitrogen and oxygen atoms in total. The number of para-hydroxylation sites is 1. The highest BCUT2D eigenvalue weighted by atomic mass is 35.5. The van der Waals surface area contributed by atoms with Gasteiger partial charge < -0.3 is 0 Å². The Kier molecular flexibility index (Phi) is 6.93. The number of pyridine rings is 2. The third-order valence-corrected chi connectivity index (χ3v) is 4.87. The molecule has 0 fully saturated rings. The van der Waals surface area contributed by atoms with E-state index in [9.17, 15) is 9.59 Å². The molecule has 0 amide bonds. The van der Waals surface area contributed by atoms with Gasteiger partial charge in [-0.2, -0.15) is 0 Å². The highest BCUT2D eigenvalue weighted by molar-refractivity contribution is 6.32. The molecular formula is C24H20Cl2N2O2. The molecule has 6 heteroatoms. The molecule has 0 aliphatic carbocycles. The molecule has 152 valence electrons. The maximum atomic E-state index is 11.6. The number of hydrogen-bond acceptors (Lipinski definition) is 2. The molecule has 2 aromatic carbocycles. The first-order chi connectivity index (χ1) is 14.3. The summed E-state index contributed by atoms with van der Waals surface area (Å²) in [6.45, 7) is 3.88. The van der Waals surface area contributed by atoms with Crippen molar-refractivity contribution in [1.82, 2.24) is 9.13 Å². The zero-order chi connectivity index (χ0) is 21.7. The molecule has 4 rings (SSSR count). The second kappa shape index (κ2) is 9.61. The number of aromatic nitrogens is 2. The molecule has 0 aliphatic rings. The number of aryl methyl sites for hydroxylation is 2. The lowest BCUT2D eigenvalue weighted by atomic mass is 10.2. The Morgan fingerprint density at radius 1 is 0.667 bits per heavy atom. The zero-order valence-electron chi connectivity index (χ0n) is 16.5. The number of benzene rings is 2. The molecular weight excluding hydrogens is 419 g/mol. The monoisotopic (exact) mass is 438 g/mol. The lowest BCUT2D eigenvalue weighted by Crippen LogP contribution is -2.16. The summed E-state index contributed by atoms with van der Waals surface area (Å²) in [6, 6.07) is 21.2. The normalized spacial score (nSPS) is 10.3. The van der Waals surface area contributed by atoms with Crippen LogP contribution >= 0.6 is 23.2 Å². The van der Waals surface area contributed by atoms with Crippen molar-refractivity contribution in [2.75, 3.05) is 0 Å². The van der Waals surface area contributed by atoms with E-state index in [1.165, 1.54) is 0 Å². The Bertz CT molecular complexity index is 1290. The van der Waals surface area contributed by atoms with E-state index in [4.69, 9.17) is 23.2 Å². The van der Waals surface area contributed by atoms with Crippen LogP contribution in [0.2, 0.25) is 10.0 Å². The average molecular weight is 439 g/mol. The fourth-order valence-corrected chi connectivity index (χ4v) is 3.26. The Hall–Kier alpha value is -3.08. The molecule has 30 heavy (non-hydrogen) atoms. The first kappa shape index (κ1) is 21.6. The molecule has 0 unspecified atom stereocenters. The van der Waals surface area contributed by atoms with Crippen molar-refractivity contribution in [2.24, 2.45) is 0 Å². The van der Waals surface area contributed by atoms with Gasteiger partial charge in [0.1, 0.15) is 0 Å². The smallest absolute Gasteiger partial charge is 0.255 e. The van der Waals surface area contributed by atoms with Gasteiger partial charge in [0.25, 0.3) is 11.1 Å². The predicted molar refractivity (Wildman–Crippen MR) is 124 cm³/mol. The van der Waals surface area contributed by atoms with Crippen LogP contribution in [0.4, 0.5) is 0 Å². The van der Waals surface area contributed by atoms with Crippen molar-refractivity contribution in [3.8, 4) is 11.4 Å². The van der Waals surface area contributed by atoms with E-state index in [0.717, 1.165) is 16.8 Å². The van der Waals surface area contributed by atoms with Crippen LogP contribution < -0.4 is 11.1 Å². The molecule has 0 N–H and O–H groups in total. The third kappa shape index (κ3) is 5.29. The Labute approximate surface area is 184 Å². The maximum Gasteiger partial charge on any atom is 0.255 e. The Morgan fingerprint density at radius 3 is 1.90 bits per heavy atom. The summed E-state index contributed by atoms with van der Waals surface area (Å²) in [4.78, 5) is 23.2. The second-order valence-corrected chi connectivity index (χ2v) is 7.60. The quantitative estimate of drug-likeness (QED) is 0.408. The van der Waals surface area contributed by atoms with Crippen LogP contribution in [0, 0.1) is 13.8 Å². The molecule has 0 radical (unpaired) electrons. The topological polar surface area (TPSA) is 44.0 Å². The molecule has 4 aromatic rings. The Morgan fingerprint density at radius 2 is 1.27 bits per heavy atom. The van der Waals surface area contributed by atoms with Crippen molar-refractivity contribution in [1.29, 1.82) is 0 Å². The first-order valence-corrected chi connectivity index (χ1v) is 10.0. The SMILES string of the molecule is Cc1ccc(=O)n(-c2cccc(Cl)c2)c1.Cc1ccc(=O)n(-c2ccccc2Cl)c1. The lowest BCUT2D eigenvalue weighted by Gasteiger charge is -2.07. The van der Waals surface area contributed by atoms with E-state index in [2.05, 4.69) is 0 Å². The average Bonchev–Trinajstić information content (AvgIpc) is 2.73. The van der Waals surface area contributed by atoms with Crippen molar-refractivity contribution in [3.63, 3.8) is 0 Å². The standard InChI is InChI=1S/2C12H10ClNO/c1-9-5-6-12(15)14(8-9)11-4-2-3-10(13)7-11;1-9-6-7-12(15)14(8-9)11-5-3-2-4-10(11)13/h2*2-8H,1H3. The molecule has 0 atom stereocenters. The van der Waals surface area contributed by atoms with E-state index in [1.807, 2.05) is 44.2 Å². The van der Waals surface area contributed by atoms with Gasteiger partial charge in [-0.1, -0.05) is 53.5 Å². The van der Waals surface area contributed by atoms with Crippen LogP contribution in [0.5, 0.6) is 0 Å². The molecule has 2 aromatic heterocycles. The van der Waals surface area contributed by atoms with Crippen LogP contribution in [0.15, 0.2) is 94.8 Å². The lowest BCUT2D eigenvalue weighted by molar-refractivity contribution is 0.977. The van der Waals surface area contributed by atoms with Crippen LogP contribution in [-0.4, -0.2) is 9.13 Å². The van der Waals surface area contributed by atoms with Crippen LogP contribution in [0.3, 0.4) is 0 Å². The fourth-order valence-electron chi connectivity index (χ4n) is 2.85. The van der Waals surface area contributed by atoms with Gasteiger partial charge in [0.15, 0.2) is 0 Å². The van der Waals surface area contributed by atoms with Gasteiger partial charge in [0, 0.05) is 29.5 Å². The predicted octanol–water partition coefficient (Wildman–Crippen LogP) is 5.60. The molecule has 0 bridgehead atoms. The van der Waals surface area contributed by atoms with Gasteiger partial charge in [-0.15, -0.1) is 0 Å². The number of halogens is 2. The molecule has 0 saturated carbocycles. The number of nitrogens with zero attached hydrogens (tertiary/aromatic N) is 2. The minimum Gasteiger partial charge on any atom is -0.284 e. The molecule has 0 spiro atoms. The minimum atomic E-state index is -0.0753. The maximum absolute atomic E-state index is 11.6. The van der Waals surface area contributed by atoms with E-state index in [1.54, 1.807) is 64.0 Å². The third-order valence-electron chi connectivity index (χ3n) is 4.32. The van der Waals surface area contributed by atoms with Crippen molar-refractivity contribution in [3.05, 3.63) is 127 Å². The van der Waals surface area contributed by atoms with E-state index < -0.39 is 0 Å². The summed E-state index contributed by atoms with van der Waals surface area (Å²) < 4.78 is 3.14. The Balaban J connectivity index is 0.000000171. The summed E-state index contributed by atoms with van der Waals surface area (Å²) >= 11 is 11.9. The number of rotatable bonds is 2. The minimum absolute atomic E-state index is 0.0529. The summed E-state index contributed by atoms with van der Waals surface area (Å²) in [6.07, 6.45) is 3.58. The summed E-state index contributed by atoms with van der Waals surface area (Å²) in [7, 11) is 0. The van der Waals surface area contributed by atoms with Gasteiger partial charge in [0.2, 0.25) is 0 Å². The zero-order valence-corrected chi connectivity index (χ0v) is 18.1. The van der Waals surface area contributed by atoms with Gasteiger partial charge in [-0.25, -0.2) is 0 Å². The van der Waals surface area contributed by atoms with E-state index >= 15 is 0 Å². The van der Waals surface area contributed by atoms with Crippen LogP contribution in [0.1, 0.15) is 11.1 Å². The van der Waals surface area contributed by atoms with Gasteiger partial charge in [0.05, 0.1) is 16.4 Å². The van der Waals surface area contributed by atoms with Crippen LogP contribution in [-0.2, 0) is 0 Å². The van der Waals surface area contributed by atoms with Crippen molar-refractivity contribution < 1.29 is 0 Å². The summed E-state index contributed by atoms with van der Waals surface area (Å²) in [5, 5.41) is 1.20. The van der Waals surface area contributed by atoms with Crippen molar-refractivity contribution in [2.45, 2.75) is 13.8 Å².